The lowest BCUT2D eigenvalue weighted by Gasteiger charge is -2.01. The maximum absolute atomic E-state index is 13.3. The normalized spacial score (nSPS) is 10.4. The van der Waals surface area contributed by atoms with E-state index in [1.54, 1.807) is 19.1 Å². The van der Waals surface area contributed by atoms with Gasteiger partial charge < -0.3 is 4.42 Å². The van der Waals surface area contributed by atoms with Crippen LogP contribution in [0.2, 0.25) is 5.22 Å². The summed E-state index contributed by atoms with van der Waals surface area (Å²) in [5.41, 5.74) is 0.992. The molecule has 2 aromatic rings. The Morgan fingerprint density at radius 2 is 2.12 bits per heavy atom. The van der Waals surface area contributed by atoms with Gasteiger partial charge in [0.1, 0.15) is 5.82 Å². The highest BCUT2D eigenvalue weighted by molar-refractivity contribution is 6.33. The summed E-state index contributed by atoms with van der Waals surface area (Å²) in [6, 6.07) is 5.77. The third kappa shape index (κ3) is 1.86. The summed E-state index contributed by atoms with van der Waals surface area (Å²) in [5, 5.41) is 0.0194. The van der Waals surface area contributed by atoms with Gasteiger partial charge in [-0.25, -0.2) is 4.39 Å². The molecule has 0 unspecified atom stereocenters. The first kappa shape index (κ1) is 10.9. The van der Waals surface area contributed by atoms with Gasteiger partial charge in [0.15, 0.2) is 5.78 Å². The number of halogens is 2. The monoisotopic (exact) mass is 238 g/mol. The third-order valence-corrected chi connectivity index (χ3v) is 2.59. The molecule has 2 rings (SSSR count). The van der Waals surface area contributed by atoms with E-state index in [-0.39, 0.29) is 22.1 Å². The first-order valence-corrected chi connectivity index (χ1v) is 5.01. The fraction of sp³-hybridized carbons (Fsp3) is 0.0833. The van der Waals surface area contributed by atoms with Crippen molar-refractivity contribution in [1.29, 1.82) is 0 Å². The molecular weight excluding hydrogens is 231 g/mol. The predicted molar refractivity (Wildman–Crippen MR) is 58.3 cm³/mol. The highest BCUT2D eigenvalue weighted by Gasteiger charge is 2.16. The second-order valence-electron chi connectivity index (χ2n) is 3.40. The molecule has 0 fully saturated rings. The number of carbonyl (C=O) groups excluding carboxylic acids is 1. The number of ketones is 1. The Balaban J connectivity index is 2.42. The van der Waals surface area contributed by atoms with Crippen molar-refractivity contribution in [2.24, 2.45) is 0 Å². The van der Waals surface area contributed by atoms with E-state index >= 15 is 0 Å². The van der Waals surface area contributed by atoms with Crippen LogP contribution in [0.4, 0.5) is 4.39 Å². The standard InChI is InChI=1S/C12H8ClFO2/c1-7-2-3-8(6-10(7)14)11(15)9-4-5-16-12(9)13/h2-6H,1H3. The van der Waals surface area contributed by atoms with Crippen molar-refractivity contribution in [1.82, 2.24) is 0 Å². The van der Waals surface area contributed by atoms with Crippen LogP contribution >= 0.6 is 11.6 Å². The number of benzene rings is 1. The summed E-state index contributed by atoms with van der Waals surface area (Å²) in [7, 11) is 0. The van der Waals surface area contributed by atoms with Gasteiger partial charge in [0.05, 0.1) is 11.8 Å². The second kappa shape index (κ2) is 4.10. The van der Waals surface area contributed by atoms with Gasteiger partial charge in [-0.3, -0.25) is 4.79 Å². The minimum absolute atomic E-state index is 0.0194. The van der Waals surface area contributed by atoms with Crippen molar-refractivity contribution in [3.8, 4) is 0 Å². The van der Waals surface area contributed by atoms with Crippen LogP contribution in [-0.2, 0) is 0 Å². The SMILES string of the molecule is Cc1ccc(C(=O)c2ccoc2Cl)cc1F. The van der Waals surface area contributed by atoms with Crippen molar-refractivity contribution in [2.75, 3.05) is 0 Å². The number of aryl methyl sites for hydroxylation is 1. The fourth-order valence-electron chi connectivity index (χ4n) is 1.35. The first-order valence-electron chi connectivity index (χ1n) is 4.63. The molecule has 1 heterocycles. The van der Waals surface area contributed by atoms with Crippen molar-refractivity contribution in [3.05, 3.63) is 58.3 Å². The van der Waals surface area contributed by atoms with Crippen LogP contribution in [0, 0.1) is 12.7 Å². The van der Waals surface area contributed by atoms with Crippen molar-refractivity contribution >= 4 is 17.4 Å². The van der Waals surface area contributed by atoms with Gasteiger partial charge in [0.2, 0.25) is 5.22 Å². The average molecular weight is 239 g/mol. The Hall–Kier alpha value is -1.61. The Bertz CT molecular complexity index is 546. The molecule has 2 nitrogen and oxygen atoms in total. The lowest BCUT2D eigenvalue weighted by Crippen LogP contribution is -2.01. The molecule has 0 aliphatic heterocycles. The molecule has 1 aromatic carbocycles. The van der Waals surface area contributed by atoms with Gasteiger partial charge in [-0.15, -0.1) is 0 Å². The van der Waals surface area contributed by atoms with Gasteiger partial charge in [0, 0.05) is 5.56 Å². The van der Waals surface area contributed by atoms with E-state index in [9.17, 15) is 9.18 Å². The summed E-state index contributed by atoms with van der Waals surface area (Å²) in [4.78, 5) is 11.9. The predicted octanol–water partition coefficient (Wildman–Crippen LogP) is 3.61. The molecule has 0 N–H and O–H groups in total. The zero-order chi connectivity index (χ0) is 11.7. The Morgan fingerprint density at radius 1 is 1.38 bits per heavy atom. The maximum atomic E-state index is 13.3. The number of furan rings is 1. The highest BCUT2D eigenvalue weighted by atomic mass is 35.5. The van der Waals surface area contributed by atoms with E-state index in [1.165, 1.54) is 18.4 Å². The molecule has 0 aliphatic carbocycles. The van der Waals surface area contributed by atoms with E-state index < -0.39 is 5.82 Å². The Kier molecular flexibility index (Phi) is 2.79. The summed E-state index contributed by atoms with van der Waals surface area (Å²) in [6.45, 7) is 1.63. The zero-order valence-corrected chi connectivity index (χ0v) is 9.22. The molecule has 4 heteroatoms. The number of rotatable bonds is 2. The largest absolute Gasteiger partial charge is 0.452 e. The Morgan fingerprint density at radius 3 is 2.69 bits per heavy atom. The number of carbonyl (C=O) groups is 1. The molecular formula is C12H8ClFO2. The summed E-state index contributed by atoms with van der Waals surface area (Å²) in [5.74, 6) is -0.761. The highest BCUT2D eigenvalue weighted by Crippen LogP contribution is 2.21. The maximum Gasteiger partial charge on any atom is 0.204 e. The quantitative estimate of drug-likeness (QED) is 0.748. The minimum atomic E-state index is -0.412. The third-order valence-electron chi connectivity index (χ3n) is 2.30. The molecule has 82 valence electrons. The van der Waals surface area contributed by atoms with Crippen LogP contribution in [0.1, 0.15) is 21.5 Å². The first-order chi connectivity index (χ1) is 7.59. The van der Waals surface area contributed by atoms with E-state index in [1.807, 2.05) is 0 Å². The lowest BCUT2D eigenvalue weighted by molar-refractivity contribution is 0.103. The molecule has 0 atom stereocenters. The molecule has 0 saturated carbocycles. The van der Waals surface area contributed by atoms with Crippen LogP contribution in [0.5, 0.6) is 0 Å². The molecule has 0 spiro atoms. The van der Waals surface area contributed by atoms with Crippen molar-refractivity contribution < 1.29 is 13.6 Å². The topological polar surface area (TPSA) is 30.2 Å². The molecule has 0 radical (unpaired) electrons. The molecule has 1 aromatic heterocycles. The van der Waals surface area contributed by atoms with Crippen LogP contribution in [0.15, 0.2) is 34.9 Å². The fourth-order valence-corrected chi connectivity index (χ4v) is 1.55. The Labute approximate surface area is 96.6 Å². The van der Waals surface area contributed by atoms with Crippen LogP contribution in [0.3, 0.4) is 0 Å². The summed E-state index contributed by atoms with van der Waals surface area (Å²) in [6.07, 6.45) is 1.32. The average Bonchev–Trinajstić information content (AvgIpc) is 2.67. The zero-order valence-electron chi connectivity index (χ0n) is 8.46. The molecule has 0 bridgehead atoms. The van der Waals surface area contributed by atoms with Gasteiger partial charge in [-0.1, -0.05) is 12.1 Å². The number of hydrogen-bond acceptors (Lipinski definition) is 2. The van der Waals surface area contributed by atoms with Gasteiger partial charge in [-0.05, 0) is 36.2 Å². The summed E-state index contributed by atoms with van der Waals surface area (Å²) < 4.78 is 18.1. The van der Waals surface area contributed by atoms with Crippen molar-refractivity contribution in [3.63, 3.8) is 0 Å². The van der Waals surface area contributed by atoms with E-state index in [0.717, 1.165) is 0 Å². The van der Waals surface area contributed by atoms with Crippen LogP contribution < -0.4 is 0 Å². The van der Waals surface area contributed by atoms with E-state index in [4.69, 9.17) is 16.0 Å². The van der Waals surface area contributed by atoms with Gasteiger partial charge in [0.25, 0.3) is 0 Å². The van der Waals surface area contributed by atoms with Gasteiger partial charge >= 0.3 is 0 Å². The van der Waals surface area contributed by atoms with E-state index in [0.29, 0.717) is 5.56 Å². The molecule has 0 amide bonds. The summed E-state index contributed by atoms with van der Waals surface area (Å²) >= 11 is 5.67. The minimum Gasteiger partial charge on any atom is -0.452 e. The molecule has 0 saturated heterocycles. The second-order valence-corrected chi connectivity index (χ2v) is 3.74. The lowest BCUT2D eigenvalue weighted by atomic mass is 10.0. The van der Waals surface area contributed by atoms with Gasteiger partial charge in [-0.2, -0.15) is 0 Å². The van der Waals surface area contributed by atoms with E-state index in [2.05, 4.69) is 0 Å². The molecule has 0 aliphatic rings. The molecule has 16 heavy (non-hydrogen) atoms. The van der Waals surface area contributed by atoms with Crippen molar-refractivity contribution in [2.45, 2.75) is 6.92 Å². The van der Waals surface area contributed by atoms with Crippen LogP contribution in [0.25, 0.3) is 0 Å². The number of hydrogen-bond donors (Lipinski definition) is 0. The smallest absolute Gasteiger partial charge is 0.204 e. The van der Waals surface area contributed by atoms with Crippen LogP contribution in [-0.4, -0.2) is 5.78 Å².